The minimum atomic E-state index is 0.237. The highest BCUT2D eigenvalue weighted by molar-refractivity contribution is 9.10. The summed E-state index contributed by atoms with van der Waals surface area (Å²) < 4.78 is 19.0. The van der Waals surface area contributed by atoms with E-state index in [1.807, 2.05) is 31.3 Å². The average Bonchev–Trinajstić information content (AvgIpc) is 3.20. The summed E-state index contributed by atoms with van der Waals surface area (Å²) in [6, 6.07) is 5.52. The van der Waals surface area contributed by atoms with E-state index in [0.717, 1.165) is 21.5 Å². The molecule has 0 bridgehead atoms. The normalized spacial score (nSPS) is 12.8. The number of halogens is 1. The second-order valence-corrected chi connectivity index (χ2v) is 5.68. The highest BCUT2D eigenvalue weighted by Gasteiger charge is 2.17. The molecule has 0 saturated heterocycles. The molecule has 3 aromatic rings. The monoisotopic (exact) mass is 362 g/mol. The Bertz CT molecular complexity index is 823. The fraction of sp³-hybridized carbons (Fsp3) is 0.214. The molecule has 0 spiro atoms. The summed E-state index contributed by atoms with van der Waals surface area (Å²) in [5.41, 5.74) is 1.70. The van der Waals surface area contributed by atoms with Crippen molar-refractivity contribution >= 4 is 15.9 Å². The van der Waals surface area contributed by atoms with E-state index in [1.54, 1.807) is 4.68 Å². The van der Waals surface area contributed by atoms with Crippen LogP contribution in [0.25, 0.3) is 11.5 Å². The molecule has 112 valence electrons. The van der Waals surface area contributed by atoms with Gasteiger partial charge in [-0.15, -0.1) is 10.2 Å². The van der Waals surface area contributed by atoms with Crippen molar-refractivity contribution in [2.24, 2.45) is 0 Å². The van der Waals surface area contributed by atoms with Gasteiger partial charge in [0.25, 0.3) is 0 Å². The number of hydrogen-bond acceptors (Lipinski definition) is 6. The molecule has 0 radical (unpaired) electrons. The van der Waals surface area contributed by atoms with Crippen LogP contribution in [0.2, 0.25) is 0 Å². The third kappa shape index (κ3) is 2.35. The maximum absolute atomic E-state index is 5.69. The van der Waals surface area contributed by atoms with E-state index in [2.05, 4.69) is 31.2 Å². The molecule has 0 saturated carbocycles. The highest BCUT2D eigenvalue weighted by Crippen LogP contribution is 2.35. The van der Waals surface area contributed by atoms with Gasteiger partial charge >= 0.3 is 0 Å². The molecule has 0 fully saturated rings. The lowest BCUT2D eigenvalue weighted by atomic mass is 10.2. The summed E-state index contributed by atoms with van der Waals surface area (Å²) in [4.78, 5) is 0. The number of hydrogen-bond donors (Lipinski definition) is 0. The Kier molecular flexibility index (Phi) is 3.11. The van der Waals surface area contributed by atoms with E-state index < -0.39 is 0 Å². The third-order valence-corrected chi connectivity index (χ3v) is 4.05. The number of rotatable bonds is 3. The molecule has 4 rings (SSSR count). The van der Waals surface area contributed by atoms with Crippen molar-refractivity contribution in [2.45, 2.75) is 13.5 Å². The minimum absolute atomic E-state index is 0.237. The van der Waals surface area contributed by atoms with Gasteiger partial charge in [0.2, 0.25) is 18.6 Å². The topological polar surface area (TPSA) is 75.2 Å². The number of fused-ring (bicyclic) bond motifs is 1. The molecule has 1 aromatic carbocycles. The molecule has 0 atom stereocenters. The van der Waals surface area contributed by atoms with Gasteiger partial charge in [0.15, 0.2) is 11.5 Å². The second-order valence-electron chi connectivity index (χ2n) is 4.83. The lowest BCUT2D eigenvalue weighted by Gasteiger charge is -1.98. The molecule has 22 heavy (non-hydrogen) atoms. The Morgan fingerprint density at radius 3 is 2.91 bits per heavy atom. The van der Waals surface area contributed by atoms with Crippen molar-refractivity contribution in [3.8, 4) is 23.0 Å². The van der Waals surface area contributed by atoms with Crippen molar-refractivity contribution < 1.29 is 13.9 Å². The summed E-state index contributed by atoms with van der Waals surface area (Å²) in [7, 11) is 0. The molecule has 7 nitrogen and oxygen atoms in total. The van der Waals surface area contributed by atoms with Crippen LogP contribution in [-0.2, 0) is 6.54 Å². The van der Waals surface area contributed by atoms with Gasteiger partial charge in [-0.3, -0.25) is 4.68 Å². The Labute approximate surface area is 134 Å². The van der Waals surface area contributed by atoms with E-state index >= 15 is 0 Å². The highest BCUT2D eigenvalue weighted by atomic mass is 79.9. The summed E-state index contributed by atoms with van der Waals surface area (Å²) in [6.45, 7) is 2.58. The minimum Gasteiger partial charge on any atom is -0.454 e. The Hall–Kier alpha value is -2.35. The fourth-order valence-electron chi connectivity index (χ4n) is 2.18. The van der Waals surface area contributed by atoms with Gasteiger partial charge in [-0.05, 0) is 41.1 Å². The molecule has 1 aliphatic rings. The van der Waals surface area contributed by atoms with Gasteiger partial charge in [0.05, 0.1) is 10.2 Å². The maximum Gasteiger partial charge on any atom is 0.247 e. The zero-order chi connectivity index (χ0) is 15.1. The molecule has 0 unspecified atom stereocenters. The SMILES string of the molecule is Cc1nn(Cc2nnc(-c3ccc4c(c3)OCO4)o2)cc1Br. The molecule has 2 aromatic heterocycles. The molecular weight excluding hydrogens is 352 g/mol. The lowest BCUT2D eigenvalue weighted by molar-refractivity contribution is 0.174. The van der Waals surface area contributed by atoms with Gasteiger partial charge < -0.3 is 13.9 Å². The van der Waals surface area contributed by atoms with Crippen molar-refractivity contribution in [1.29, 1.82) is 0 Å². The summed E-state index contributed by atoms with van der Waals surface area (Å²) in [5.74, 6) is 2.34. The zero-order valence-corrected chi connectivity index (χ0v) is 13.2. The Balaban J connectivity index is 1.58. The quantitative estimate of drug-likeness (QED) is 0.712. The smallest absolute Gasteiger partial charge is 0.247 e. The molecule has 8 heteroatoms. The van der Waals surface area contributed by atoms with Gasteiger partial charge in [-0.1, -0.05) is 0 Å². The van der Waals surface area contributed by atoms with Crippen molar-refractivity contribution in [1.82, 2.24) is 20.0 Å². The van der Waals surface area contributed by atoms with Crippen LogP contribution in [0, 0.1) is 6.92 Å². The number of aromatic nitrogens is 4. The first kappa shape index (κ1) is 13.3. The van der Waals surface area contributed by atoms with Crippen LogP contribution in [0.1, 0.15) is 11.6 Å². The van der Waals surface area contributed by atoms with Crippen molar-refractivity contribution in [2.75, 3.05) is 6.79 Å². The number of aryl methyl sites for hydroxylation is 1. The predicted molar refractivity (Wildman–Crippen MR) is 79.6 cm³/mol. The zero-order valence-electron chi connectivity index (χ0n) is 11.6. The first-order chi connectivity index (χ1) is 10.7. The van der Waals surface area contributed by atoms with Gasteiger partial charge in [0.1, 0.15) is 6.54 Å². The third-order valence-electron chi connectivity index (χ3n) is 3.27. The van der Waals surface area contributed by atoms with E-state index in [9.17, 15) is 0 Å². The fourth-order valence-corrected chi connectivity index (χ4v) is 2.49. The summed E-state index contributed by atoms with van der Waals surface area (Å²) in [5, 5.41) is 12.5. The Morgan fingerprint density at radius 2 is 2.09 bits per heavy atom. The summed E-state index contributed by atoms with van der Waals surface area (Å²) >= 11 is 3.42. The van der Waals surface area contributed by atoms with Crippen LogP contribution in [0.4, 0.5) is 0 Å². The van der Waals surface area contributed by atoms with Crippen LogP contribution >= 0.6 is 15.9 Å². The standard InChI is InChI=1S/C14H11BrN4O3/c1-8-10(15)5-19(18-8)6-13-16-17-14(22-13)9-2-3-11-12(4-9)21-7-20-11/h2-5H,6-7H2,1H3. The van der Waals surface area contributed by atoms with E-state index in [4.69, 9.17) is 13.9 Å². The van der Waals surface area contributed by atoms with Crippen LogP contribution in [0.15, 0.2) is 33.3 Å². The van der Waals surface area contributed by atoms with Crippen LogP contribution in [0.3, 0.4) is 0 Å². The molecular formula is C14H11BrN4O3. The van der Waals surface area contributed by atoms with Crippen LogP contribution in [0.5, 0.6) is 11.5 Å². The predicted octanol–water partition coefficient (Wildman–Crippen LogP) is 2.78. The molecule has 3 heterocycles. The Morgan fingerprint density at radius 1 is 1.23 bits per heavy atom. The number of ether oxygens (including phenoxy) is 2. The van der Waals surface area contributed by atoms with Crippen LogP contribution in [-0.4, -0.2) is 26.8 Å². The van der Waals surface area contributed by atoms with Crippen molar-refractivity contribution in [3.63, 3.8) is 0 Å². The second kappa shape index (κ2) is 5.13. The van der Waals surface area contributed by atoms with Gasteiger partial charge in [-0.2, -0.15) is 5.10 Å². The van der Waals surface area contributed by atoms with Crippen molar-refractivity contribution in [3.05, 3.63) is 40.5 Å². The van der Waals surface area contributed by atoms with Crippen LogP contribution < -0.4 is 9.47 Å². The van der Waals surface area contributed by atoms with Gasteiger partial charge in [0, 0.05) is 11.8 Å². The maximum atomic E-state index is 5.69. The molecule has 0 amide bonds. The lowest BCUT2D eigenvalue weighted by Crippen LogP contribution is -2.00. The molecule has 0 N–H and O–H groups in total. The van der Waals surface area contributed by atoms with E-state index in [0.29, 0.717) is 24.1 Å². The molecule has 0 aliphatic carbocycles. The first-order valence-electron chi connectivity index (χ1n) is 6.61. The summed E-state index contributed by atoms with van der Waals surface area (Å²) in [6.07, 6.45) is 1.87. The number of nitrogens with zero attached hydrogens (tertiary/aromatic N) is 4. The largest absolute Gasteiger partial charge is 0.454 e. The van der Waals surface area contributed by atoms with E-state index in [1.165, 1.54) is 0 Å². The molecule has 1 aliphatic heterocycles. The first-order valence-corrected chi connectivity index (χ1v) is 7.40. The average molecular weight is 363 g/mol. The number of benzene rings is 1. The van der Waals surface area contributed by atoms with Gasteiger partial charge in [-0.25, -0.2) is 0 Å². The van der Waals surface area contributed by atoms with E-state index in [-0.39, 0.29) is 6.79 Å².